The number of rotatable bonds is 9. The van der Waals surface area contributed by atoms with Crippen molar-refractivity contribution in [2.75, 3.05) is 26.7 Å². The van der Waals surface area contributed by atoms with Crippen molar-refractivity contribution in [2.45, 2.75) is 39.5 Å². The van der Waals surface area contributed by atoms with Crippen LogP contribution in [0.25, 0.3) is 0 Å². The molecular formula is C19H29ClIN5O2. The molecule has 1 aromatic heterocycles. The smallest absolute Gasteiger partial charge is 0.228 e. The van der Waals surface area contributed by atoms with Crippen LogP contribution in [0.5, 0.6) is 5.75 Å². The first-order valence-corrected chi connectivity index (χ1v) is 9.58. The van der Waals surface area contributed by atoms with Crippen molar-refractivity contribution in [1.82, 2.24) is 20.8 Å². The molecule has 0 fully saturated rings. The third-order valence-corrected chi connectivity index (χ3v) is 4.24. The number of halogens is 2. The largest absolute Gasteiger partial charge is 0.497 e. The van der Waals surface area contributed by atoms with Gasteiger partial charge in [-0.25, -0.2) is 0 Å². The topological polar surface area (TPSA) is 84.6 Å². The Bertz CT molecular complexity index is 752. The zero-order chi connectivity index (χ0) is 19.6. The van der Waals surface area contributed by atoms with Crippen LogP contribution in [-0.2, 0) is 12.8 Å². The van der Waals surface area contributed by atoms with E-state index in [1.807, 2.05) is 39.0 Å². The molecule has 0 radical (unpaired) electrons. The average Bonchev–Trinajstić information content (AvgIpc) is 3.12. The van der Waals surface area contributed by atoms with Crippen molar-refractivity contribution < 1.29 is 9.26 Å². The molecule has 0 saturated heterocycles. The maximum atomic E-state index is 6.28. The number of ether oxygens (including phenoxy) is 1. The van der Waals surface area contributed by atoms with Crippen LogP contribution in [0.15, 0.2) is 27.7 Å². The second-order valence-corrected chi connectivity index (χ2v) is 6.75. The van der Waals surface area contributed by atoms with Gasteiger partial charge in [-0.3, -0.25) is 4.99 Å². The lowest BCUT2D eigenvalue weighted by molar-refractivity contribution is 0.372. The lowest BCUT2D eigenvalue weighted by Crippen LogP contribution is -2.38. The number of aromatic nitrogens is 2. The molecule has 0 spiro atoms. The van der Waals surface area contributed by atoms with Crippen LogP contribution in [0, 0.1) is 0 Å². The molecule has 0 amide bonds. The number of aliphatic imine (C=N–C) groups is 1. The van der Waals surface area contributed by atoms with Crippen molar-refractivity contribution in [3.05, 3.63) is 40.5 Å². The van der Waals surface area contributed by atoms with Gasteiger partial charge in [0.05, 0.1) is 13.7 Å². The second-order valence-electron chi connectivity index (χ2n) is 6.35. The lowest BCUT2D eigenvalue weighted by atomic mass is 10.1. The molecule has 2 aromatic rings. The van der Waals surface area contributed by atoms with E-state index >= 15 is 0 Å². The van der Waals surface area contributed by atoms with Gasteiger partial charge in [0.1, 0.15) is 5.75 Å². The van der Waals surface area contributed by atoms with Crippen LogP contribution in [-0.4, -0.2) is 42.8 Å². The van der Waals surface area contributed by atoms with Gasteiger partial charge in [0.25, 0.3) is 0 Å². The first kappa shape index (κ1) is 24.5. The maximum absolute atomic E-state index is 6.28. The van der Waals surface area contributed by atoms with E-state index in [0.717, 1.165) is 42.6 Å². The molecule has 9 heteroatoms. The Morgan fingerprint density at radius 1 is 1.29 bits per heavy atom. The van der Waals surface area contributed by atoms with Gasteiger partial charge < -0.3 is 19.9 Å². The van der Waals surface area contributed by atoms with Crippen LogP contribution in [0.3, 0.4) is 0 Å². The molecule has 0 aliphatic rings. The predicted molar refractivity (Wildman–Crippen MR) is 123 cm³/mol. The minimum Gasteiger partial charge on any atom is -0.497 e. The molecule has 2 N–H and O–H groups in total. The van der Waals surface area contributed by atoms with Crippen molar-refractivity contribution >= 4 is 41.5 Å². The van der Waals surface area contributed by atoms with Gasteiger partial charge in [-0.15, -0.1) is 24.0 Å². The van der Waals surface area contributed by atoms with E-state index in [1.165, 1.54) is 0 Å². The van der Waals surface area contributed by atoms with Gasteiger partial charge >= 0.3 is 0 Å². The molecular weight excluding hydrogens is 493 g/mol. The van der Waals surface area contributed by atoms with Crippen molar-refractivity contribution in [3.8, 4) is 5.75 Å². The number of nitrogens with one attached hydrogen (secondary N) is 2. The van der Waals surface area contributed by atoms with Crippen LogP contribution >= 0.6 is 35.6 Å². The average molecular weight is 522 g/mol. The molecule has 1 aromatic carbocycles. The van der Waals surface area contributed by atoms with E-state index in [1.54, 1.807) is 7.11 Å². The molecule has 28 heavy (non-hydrogen) atoms. The van der Waals surface area contributed by atoms with Gasteiger partial charge in [0, 0.05) is 30.5 Å². The zero-order valence-corrected chi connectivity index (χ0v) is 19.9. The molecule has 156 valence electrons. The number of benzene rings is 1. The van der Waals surface area contributed by atoms with Crippen molar-refractivity contribution in [1.29, 1.82) is 0 Å². The number of methoxy groups -OCH3 is 1. The lowest BCUT2D eigenvalue weighted by Gasteiger charge is -2.12. The van der Waals surface area contributed by atoms with Crippen molar-refractivity contribution in [2.24, 2.45) is 4.99 Å². The monoisotopic (exact) mass is 521 g/mol. The normalized spacial score (nSPS) is 11.3. The molecule has 0 unspecified atom stereocenters. The Morgan fingerprint density at radius 2 is 2.07 bits per heavy atom. The highest BCUT2D eigenvalue weighted by molar-refractivity contribution is 14.0. The highest BCUT2D eigenvalue weighted by Crippen LogP contribution is 2.22. The summed E-state index contributed by atoms with van der Waals surface area (Å²) in [5.74, 6) is 3.12. The summed E-state index contributed by atoms with van der Waals surface area (Å²) >= 11 is 6.28. The van der Waals surface area contributed by atoms with Gasteiger partial charge in [-0.1, -0.05) is 36.7 Å². The molecule has 7 nitrogen and oxygen atoms in total. The molecule has 0 aliphatic heterocycles. The SMILES string of the molecule is CCNC(=NCCc1nc(C(C)C)no1)NCCc1ccc(OC)cc1Cl.I. The Hall–Kier alpha value is -1.55. The summed E-state index contributed by atoms with van der Waals surface area (Å²) in [5.41, 5.74) is 1.06. The highest BCUT2D eigenvalue weighted by Gasteiger charge is 2.09. The number of guanidine groups is 1. The van der Waals surface area contributed by atoms with E-state index in [2.05, 4.69) is 25.8 Å². The highest BCUT2D eigenvalue weighted by atomic mass is 127. The summed E-state index contributed by atoms with van der Waals surface area (Å²) in [5, 5.41) is 11.2. The third kappa shape index (κ3) is 7.83. The minimum atomic E-state index is 0. The van der Waals surface area contributed by atoms with E-state index in [4.69, 9.17) is 20.9 Å². The Morgan fingerprint density at radius 3 is 2.68 bits per heavy atom. The molecule has 0 saturated carbocycles. The Balaban J connectivity index is 0.00000392. The molecule has 1 heterocycles. The molecule has 0 atom stereocenters. The van der Waals surface area contributed by atoms with E-state index in [9.17, 15) is 0 Å². The summed E-state index contributed by atoms with van der Waals surface area (Å²) in [6.45, 7) is 8.18. The zero-order valence-electron chi connectivity index (χ0n) is 16.8. The fourth-order valence-corrected chi connectivity index (χ4v) is 2.65. The predicted octanol–water partition coefficient (Wildman–Crippen LogP) is 3.81. The minimum absolute atomic E-state index is 0. The summed E-state index contributed by atoms with van der Waals surface area (Å²) in [7, 11) is 1.63. The first-order valence-electron chi connectivity index (χ1n) is 9.20. The van der Waals surface area contributed by atoms with E-state index in [0.29, 0.717) is 23.9 Å². The first-order chi connectivity index (χ1) is 13.0. The molecule has 0 aliphatic carbocycles. The van der Waals surface area contributed by atoms with Gasteiger partial charge in [0.15, 0.2) is 11.8 Å². The fourth-order valence-electron chi connectivity index (χ4n) is 2.38. The van der Waals surface area contributed by atoms with Crippen LogP contribution in [0.2, 0.25) is 5.02 Å². The summed E-state index contributed by atoms with van der Waals surface area (Å²) in [6.07, 6.45) is 1.40. The maximum Gasteiger partial charge on any atom is 0.228 e. The van der Waals surface area contributed by atoms with E-state index < -0.39 is 0 Å². The van der Waals surface area contributed by atoms with Gasteiger partial charge in [0.2, 0.25) is 5.89 Å². The number of nitrogens with zero attached hydrogens (tertiary/aromatic N) is 3. The van der Waals surface area contributed by atoms with Crippen LogP contribution < -0.4 is 15.4 Å². The summed E-state index contributed by atoms with van der Waals surface area (Å²) in [6, 6.07) is 5.72. The van der Waals surface area contributed by atoms with Gasteiger partial charge in [-0.2, -0.15) is 4.98 Å². The van der Waals surface area contributed by atoms with Crippen LogP contribution in [0.1, 0.15) is 44.0 Å². The fraction of sp³-hybridized carbons (Fsp3) is 0.526. The van der Waals surface area contributed by atoms with Crippen molar-refractivity contribution in [3.63, 3.8) is 0 Å². The number of hydrogen-bond donors (Lipinski definition) is 2. The second kappa shape index (κ2) is 12.8. The number of hydrogen-bond acceptors (Lipinski definition) is 5. The van der Waals surface area contributed by atoms with E-state index in [-0.39, 0.29) is 29.9 Å². The quantitative estimate of drug-likeness (QED) is 0.297. The summed E-state index contributed by atoms with van der Waals surface area (Å²) < 4.78 is 10.4. The Labute approximate surface area is 188 Å². The molecule has 2 rings (SSSR count). The summed E-state index contributed by atoms with van der Waals surface area (Å²) in [4.78, 5) is 8.92. The third-order valence-electron chi connectivity index (χ3n) is 3.89. The Kier molecular flexibility index (Phi) is 11.2. The van der Waals surface area contributed by atoms with Crippen LogP contribution in [0.4, 0.5) is 0 Å². The molecule has 0 bridgehead atoms. The standard InChI is InChI=1S/C19H28ClN5O2.HI/c1-5-21-19(23-11-9-17-24-18(13(2)3)25-27-17)22-10-8-14-6-7-15(26-4)12-16(14)20;/h6-7,12-13H,5,8-11H2,1-4H3,(H2,21,22,23);1H. The van der Waals surface area contributed by atoms with Gasteiger partial charge in [-0.05, 0) is 31.0 Å².